The molecular weight excluding hydrogens is 230 g/mol. The molecule has 2 aromatic rings. The van der Waals surface area contributed by atoms with Crippen LogP contribution in [0.3, 0.4) is 0 Å². The second kappa shape index (κ2) is 5.64. The molecule has 18 heavy (non-hydrogen) atoms. The van der Waals surface area contributed by atoms with Crippen molar-refractivity contribution in [3.63, 3.8) is 0 Å². The van der Waals surface area contributed by atoms with Gasteiger partial charge in [-0.3, -0.25) is 4.68 Å². The minimum Gasteiger partial charge on any atom is -0.435 e. The minimum absolute atomic E-state index is 0.0114. The quantitative estimate of drug-likeness (QED) is 0.880. The summed E-state index contributed by atoms with van der Waals surface area (Å²) in [5.74, 6) is 1.22. The maximum atomic E-state index is 9.01. The summed E-state index contributed by atoms with van der Waals surface area (Å²) in [5, 5.41) is 13.2. The summed E-state index contributed by atoms with van der Waals surface area (Å²) in [4.78, 5) is 4.18. The van der Waals surface area contributed by atoms with Crippen LogP contribution in [0, 0.1) is 6.92 Å². The van der Waals surface area contributed by atoms with Crippen molar-refractivity contribution >= 4 is 0 Å². The van der Waals surface area contributed by atoms with Gasteiger partial charge in [0.15, 0.2) is 5.75 Å². The van der Waals surface area contributed by atoms with Gasteiger partial charge in [0.05, 0.1) is 19.0 Å². The molecule has 96 valence electrons. The normalized spacial score (nSPS) is 10.6. The van der Waals surface area contributed by atoms with Gasteiger partial charge in [0.2, 0.25) is 5.88 Å². The molecule has 0 amide bonds. The van der Waals surface area contributed by atoms with Crippen LogP contribution in [-0.2, 0) is 13.2 Å². The van der Waals surface area contributed by atoms with Gasteiger partial charge in [-0.2, -0.15) is 5.10 Å². The Balaban J connectivity index is 2.12. The van der Waals surface area contributed by atoms with Crippen molar-refractivity contribution in [1.82, 2.24) is 14.8 Å². The molecule has 1 N–H and O–H groups in total. The first-order chi connectivity index (χ1) is 8.72. The van der Waals surface area contributed by atoms with Gasteiger partial charge in [0.25, 0.3) is 0 Å². The zero-order valence-corrected chi connectivity index (χ0v) is 10.6. The molecule has 0 unspecified atom stereocenters. The third kappa shape index (κ3) is 2.87. The molecule has 2 aromatic heterocycles. The van der Waals surface area contributed by atoms with Crippen LogP contribution in [0.5, 0.6) is 11.6 Å². The first-order valence-electron chi connectivity index (χ1n) is 5.99. The molecule has 0 radical (unpaired) electrons. The van der Waals surface area contributed by atoms with Crippen LogP contribution in [-0.4, -0.2) is 19.9 Å². The summed E-state index contributed by atoms with van der Waals surface area (Å²) >= 11 is 0. The lowest BCUT2D eigenvalue weighted by molar-refractivity contribution is 0.281. The molecule has 0 saturated heterocycles. The number of rotatable bonds is 5. The van der Waals surface area contributed by atoms with Crippen molar-refractivity contribution in [2.75, 3.05) is 0 Å². The standard InChI is InChI=1S/C13H17N3O2/c1-3-4-16-8-12(7-15-16)18-13-10(2)5-11(9-17)6-14-13/h5-8,17H,3-4,9H2,1-2H3. The van der Waals surface area contributed by atoms with Gasteiger partial charge in [-0.1, -0.05) is 6.92 Å². The molecule has 0 atom stereocenters. The molecule has 2 heterocycles. The van der Waals surface area contributed by atoms with Gasteiger partial charge in [-0.15, -0.1) is 0 Å². The Morgan fingerprint density at radius 1 is 1.39 bits per heavy atom. The van der Waals surface area contributed by atoms with E-state index in [1.165, 1.54) is 0 Å². The third-order valence-corrected chi connectivity index (χ3v) is 2.55. The Bertz CT molecular complexity index is 523. The molecule has 5 heteroatoms. The van der Waals surface area contributed by atoms with Gasteiger partial charge < -0.3 is 9.84 Å². The molecule has 0 saturated carbocycles. The van der Waals surface area contributed by atoms with E-state index < -0.39 is 0 Å². The van der Waals surface area contributed by atoms with E-state index in [9.17, 15) is 0 Å². The molecule has 0 bridgehead atoms. The monoisotopic (exact) mass is 247 g/mol. The van der Waals surface area contributed by atoms with Crippen molar-refractivity contribution in [2.45, 2.75) is 33.4 Å². The highest BCUT2D eigenvalue weighted by Crippen LogP contribution is 2.22. The number of aliphatic hydroxyl groups is 1. The van der Waals surface area contributed by atoms with Crippen molar-refractivity contribution in [1.29, 1.82) is 0 Å². The van der Waals surface area contributed by atoms with Crippen LogP contribution in [0.2, 0.25) is 0 Å². The molecule has 0 spiro atoms. The largest absolute Gasteiger partial charge is 0.435 e. The number of nitrogens with zero attached hydrogens (tertiary/aromatic N) is 3. The van der Waals surface area contributed by atoms with Crippen LogP contribution >= 0.6 is 0 Å². The highest BCUT2D eigenvalue weighted by molar-refractivity contribution is 5.31. The summed E-state index contributed by atoms with van der Waals surface area (Å²) in [6, 6.07) is 1.86. The van der Waals surface area contributed by atoms with E-state index >= 15 is 0 Å². The van der Waals surface area contributed by atoms with Crippen molar-refractivity contribution in [2.24, 2.45) is 0 Å². The molecule has 0 aliphatic rings. The second-order valence-electron chi connectivity index (χ2n) is 4.16. The molecule has 0 aliphatic heterocycles. The molecule has 5 nitrogen and oxygen atoms in total. The van der Waals surface area contributed by atoms with Crippen molar-refractivity contribution in [3.05, 3.63) is 35.8 Å². The van der Waals surface area contributed by atoms with Gasteiger partial charge in [-0.25, -0.2) is 4.98 Å². The predicted octanol–water partition coefficient (Wildman–Crippen LogP) is 2.28. The molecule has 0 aromatic carbocycles. The van der Waals surface area contributed by atoms with E-state index in [1.54, 1.807) is 12.4 Å². The van der Waals surface area contributed by atoms with Crippen LogP contribution < -0.4 is 4.74 Å². The Labute approximate surface area is 106 Å². The van der Waals surface area contributed by atoms with Gasteiger partial charge >= 0.3 is 0 Å². The van der Waals surface area contributed by atoms with E-state index in [1.807, 2.05) is 23.9 Å². The Hall–Kier alpha value is -1.88. The summed E-state index contributed by atoms with van der Waals surface area (Å²) in [7, 11) is 0. The average molecular weight is 247 g/mol. The van der Waals surface area contributed by atoms with E-state index in [0.29, 0.717) is 11.6 Å². The van der Waals surface area contributed by atoms with Crippen molar-refractivity contribution < 1.29 is 9.84 Å². The van der Waals surface area contributed by atoms with Crippen LogP contribution in [0.15, 0.2) is 24.7 Å². The first kappa shape index (κ1) is 12.6. The number of hydrogen-bond acceptors (Lipinski definition) is 4. The molecule has 0 aliphatic carbocycles. The predicted molar refractivity (Wildman–Crippen MR) is 67.5 cm³/mol. The molecular formula is C13H17N3O2. The van der Waals surface area contributed by atoms with Gasteiger partial charge in [0.1, 0.15) is 0 Å². The van der Waals surface area contributed by atoms with E-state index in [4.69, 9.17) is 9.84 Å². The highest BCUT2D eigenvalue weighted by atomic mass is 16.5. The summed E-state index contributed by atoms with van der Waals surface area (Å²) in [6.45, 7) is 4.86. The number of pyridine rings is 1. The number of hydrogen-bond donors (Lipinski definition) is 1. The molecule has 0 fully saturated rings. The summed E-state index contributed by atoms with van der Waals surface area (Å²) in [5.41, 5.74) is 1.67. The van der Waals surface area contributed by atoms with E-state index in [2.05, 4.69) is 17.0 Å². The highest BCUT2D eigenvalue weighted by Gasteiger charge is 2.06. The topological polar surface area (TPSA) is 60.2 Å². The van der Waals surface area contributed by atoms with Crippen molar-refractivity contribution in [3.8, 4) is 11.6 Å². The lowest BCUT2D eigenvalue weighted by atomic mass is 10.2. The fourth-order valence-corrected chi connectivity index (χ4v) is 1.67. The lowest BCUT2D eigenvalue weighted by Gasteiger charge is -2.06. The van der Waals surface area contributed by atoms with Gasteiger partial charge in [-0.05, 0) is 25.0 Å². The Morgan fingerprint density at radius 3 is 2.89 bits per heavy atom. The Morgan fingerprint density at radius 2 is 2.22 bits per heavy atom. The van der Waals surface area contributed by atoms with E-state index in [-0.39, 0.29) is 6.61 Å². The second-order valence-corrected chi connectivity index (χ2v) is 4.16. The van der Waals surface area contributed by atoms with Crippen LogP contribution in [0.25, 0.3) is 0 Å². The fourth-order valence-electron chi connectivity index (χ4n) is 1.67. The number of aliphatic hydroxyl groups excluding tert-OH is 1. The average Bonchev–Trinajstić information content (AvgIpc) is 2.80. The zero-order valence-electron chi connectivity index (χ0n) is 10.6. The third-order valence-electron chi connectivity index (χ3n) is 2.55. The van der Waals surface area contributed by atoms with Gasteiger partial charge in [0, 0.05) is 18.3 Å². The number of aromatic nitrogens is 3. The lowest BCUT2D eigenvalue weighted by Crippen LogP contribution is -1.96. The van der Waals surface area contributed by atoms with Crippen LogP contribution in [0.1, 0.15) is 24.5 Å². The maximum absolute atomic E-state index is 9.01. The smallest absolute Gasteiger partial charge is 0.222 e. The zero-order chi connectivity index (χ0) is 13.0. The minimum atomic E-state index is -0.0114. The number of aryl methyl sites for hydroxylation is 2. The van der Waals surface area contributed by atoms with Crippen LogP contribution in [0.4, 0.5) is 0 Å². The fraction of sp³-hybridized carbons (Fsp3) is 0.385. The summed E-state index contributed by atoms with van der Waals surface area (Å²) in [6.07, 6.45) is 6.17. The first-order valence-corrected chi connectivity index (χ1v) is 5.99. The maximum Gasteiger partial charge on any atom is 0.222 e. The van der Waals surface area contributed by atoms with E-state index in [0.717, 1.165) is 24.1 Å². The Kier molecular flexibility index (Phi) is 3.94. The number of ether oxygens (including phenoxy) is 1. The molecule has 2 rings (SSSR count). The SMILES string of the molecule is CCCn1cc(Oc2ncc(CO)cc2C)cn1. The summed E-state index contributed by atoms with van der Waals surface area (Å²) < 4.78 is 7.50.